The van der Waals surface area contributed by atoms with Crippen LogP contribution in [0, 0.1) is 17.2 Å². The molecule has 0 saturated heterocycles. The van der Waals surface area contributed by atoms with Crippen molar-refractivity contribution in [2.24, 2.45) is 5.92 Å². The van der Waals surface area contributed by atoms with Crippen LogP contribution in [0.15, 0.2) is 54.3 Å². The molecule has 2 atom stereocenters. The second-order valence-corrected chi connectivity index (χ2v) is 7.71. The van der Waals surface area contributed by atoms with Gasteiger partial charge in [0.1, 0.15) is 12.0 Å². The molecule has 0 aliphatic heterocycles. The Morgan fingerprint density at radius 1 is 1.40 bits per heavy atom. The molecule has 0 radical (unpaired) electrons. The summed E-state index contributed by atoms with van der Waals surface area (Å²) in [7, 11) is 0. The van der Waals surface area contributed by atoms with Crippen LogP contribution in [0.1, 0.15) is 51.2 Å². The maximum Gasteiger partial charge on any atom is 0.231 e. The fourth-order valence-corrected chi connectivity index (χ4v) is 3.60. The molecule has 1 aromatic heterocycles. The van der Waals surface area contributed by atoms with Crippen LogP contribution in [0.3, 0.4) is 0 Å². The number of anilines is 1. The number of pyridine rings is 1. The van der Waals surface area contributed by atoms with Crippen molar-refractivity contribution in [3.05, 3.63) is 65.4 Å². The molecular weight excluding hydrogens is 377 g/mol. The van der Waals surface area contributed by atoms with Gasteiger partial charge in [0.05, 0.1) is 17.6 Å². The van der Waals surface area contributed by atoms with E-state index in [9.17, 15) is 14.4 Å². The lowest BCUT2D eigenvalue weighted by Crippen LogP contribution is -2.15. The van der Waals surface area contributed by atoms with Crippen molar-refractivity contribution < 1.29 is 9.18 Å². The number of benzene rings is 1. The van der Waals surface area contributed by atoms with E-state index in [4.69, 9.17) is 0 Å². The molecule has 0 bridgehead atoms. The summed E-state index contributed by atoms with van der Waals surface area (Å²) in [6.07, 6.45) is 6.91. The van der Waals surface area contributed by atoms with Crippen molar-refractivity contribution in [2.75, 3.05) is 5.32 Å². The molecule has 1 aliphatic carbocycles. The molecule has 3 rings (SSSR count). The molecule has 0 unspecified atom stereocenters. The van der Waals surface area contributed by atoms with Gasteiger partial charge in [0, 0.05) is 17.1 Å². The standard InChI is InChI=1S/C25H26FN3O/c1-5-7-15(3)8-16(4)20(6-2)21-10-19-14-28-24(11-17(19)9-18(21)13-27)29-25(30)22-12-23(22)26/h6,8-11,14,22-23H,3,5,7,12H2,1-2,4H3,(H,28,29,30)/b16-8-,20-6+/t22-,23+/m0/s1. The van der Waals surface area contributed by atoms with Crippen LogP contribution >= 0.6 is 0 Å². The second-order valence-electron chi connectivity index (χ2n) is 7.71. The molecular formula is C25H26FN3O. The summed E-state index contributed by atoms with van der Waals surface area (Å²) in [5.41, 5.74) is 4.46. The highest BCUT2D eigenvalue weighted by molar-refractivity contribution is 5.97. The van der Waals surface area contributed by atoms with Crippen LogP contribution in [0.4, 0.5) is 10.2 Å². The Morgan fingerprint density at radius 3 is 2.73 bits per heavy atom. The van der Waals surface area contributed by atoms with E-state index in [0.717, 1.165) is 45.9 Å². The Morgan fingerprint density at radius 2 is 2.13 bits per heavy atom. The number of alkyl halides is 1. The van der Waals surface area contributed by atoms with Crippen molar-refractivity contribution in [1.29, 1.82) is 5.26 Å². The lowest BCUT2D eigenvalue weighted by atomic mass is 9.91. The summed E-state index contributed by atoms with van der Waals surface area (Å²) >= 11 is 0. The smallest absolute Gasteiger partial charge is 0.231 e. The first-order valence-corrected chi connectivity index (χ1v) is 10.2. The molecule has 5 heteroatoms. The number of carbonyl (C=O) groups excluding carboxylic acids is 1. The van der Waals surface area contributed by atoms with Gasteiger partial charge in [-0.25, -0.2) is 9.37 Å². The summed E-state index contributed by atoms with van der Waals surface area (Å²) in [5, 5.41) is 14.1. The molecule has 1 saturated carbocycles. The molecule has 1 heterocycles. The van der Waals surface area contributed by atoms with E-state index in [-0.39, 0.29) is 12.3 Å². The van der Waals surface area contributed by atoms with E-state index in [0.29, 0.717) is 11.4 Å². The van der Waals surface area contributed by atoms with Crippen molar-refractivity contribution >= 4 is 28.1 Å². The van der Waals surface area contributed by atoms with Crippen LogP contribution in [-0.4, -0.2) is 17.1 Å². The molecule has 4 nitrogen and oxygen atoms in total. The number of nitrogens with zero attached hydrogens (tertiary/aromatic N) is 2. The molecule has 2 aromatic rings. The van der Waals surface area contributed by atoms with Gasteiger partial charge in [0.2, 0.25) is 5.91 Å². The van der Waals surface area contributed by atoms with Crippen LogP contribution in [0.2, 0.25) is 0 Å². The Balaban J connectivity index is 1.95. The molecule has 1 N–H and O–H groups in total. The monoisotopic (exact) mass is 403 g/mol. The zero-order chi connectivity index (χ0) is 21.8. The van der Waals surface area contributed by atoms with Crippen molar-refractivity contribution in [2.45, 2.75) is 46.2 Å². The lowest BCUT2D eigenvalue weighted by Gasteiger charge is -2.13. The third-order valence-electron chi connectivity index (χ3n) is 5.27. The summed E-state index contributed by atoms with van der Waals surface area (Å²) in [6.45, 7) is 10.2. The maximum absolute atomic E-state index is 13.1. The number of halogens is 1. The van der Waals surface area contributed by atoms with Crippen LogP contribution in [-0.2, 0) is 4.79 Å². The van der Waals surface area contributed by atoms with Gasteiger partial charge in [-0.15, -0.1) is 0 Å². The van der Waals surface area contributed by atoms with Crippen LogP contribution < -0.4 is 5.32 Å². The van der Waals surface area contributed by atoms with E-state index in [2.05, 4.69) is 35.9 Å². The predicted octanol–water partition coefficient (Wildman–Crippen LogP) is 6.11. The van der Waals surface area contributed by atoms with Crippen molar-refractivity contribution in [1.82, 2.24) is 4.98 Å². The summed E-state index contributed by atoms with van der Waals surface area (Å²) in [6, 6.07) is 7.74. The molecule has 1 aliphatic rings. The van der Waals surface area contributed by atoms with E-state index in [1.54, 1.807) is 18.3 Å². The van der Waals surface area contributed by atoms with Gasteiger partial charge in [0.15, 0.2) is 0 Å². The van der Waals surface area contributed by atoms with E-state index >= 15 is 0 Å². The third kappa shape index (κ3) is 4.65. The zero-order valence-corrected chi connectivity index (χ0v) is 17.6. The molecule has 1 aromatic carbocycles. The van der Waals surface area contributed by atoms with Gasteiger partial charge < -0.3 is 5.32 Å². The average molecular weight is 404 g/mol. The Hall–Kier alpha value is -3.26. The van der Waals surface area contributed by atoms with Crippen molar-refractivity contribution in [3.8, 4) is 6.07 Å². The molecule has 0 spiro atoms. The topological polar surface area (TPSA) is 65.8 Å². The molecule has 1 fully saturated rings. The number of hydrogen-bond acceptors (Lipinski definition) is 3. The zero-order valence-electron chi connectivity index (χ0n) is 17.6. The minimum Gasteiger partial charge on any atom is -0.310 e. The van der Waals surface area contributed by atoms with E-state index in [1.165, 1.54) is 0 Å². The summed E-state index contributed by atoms with van der Waals surface area (Å²) in [5.74, 6) is -0.564. The largest absolute Gasteiger partial charge is 0.310 e. The van der Waals surface area contributed by atoms with Gasteiger partial charge in [-0.2, -0.15) is 5.26 Å². The number of rotatable bonds is 7. The number of nitriles is 1. The highest BCUT2D eigenvalue weighted by Gasteiger charge is 2.43. The van der Waals surface area contributed by atoms with Gasteiger partial charge >= 0.3 is 0 Å². The molecule has 30 heavy (non-hydrogen) atoms. The number of aromatic nitrogens is 1. The Labute approximate surface area is 176 Å². The van der Waals surface area contributed by atoms with Gasteiger partial charge in [0.25, 0.3) is 0 Å². The highest BCUT2D eigenvalue weighted by atomic mass is 19.1. The average Bonchev–Trinajstić information content (AvgIpc) is 3.45. The first-order chi connectivity index (χ1) is 14.4. The minimum absolute atomic E-state index is 0.269. The third-order valence-corrected chi connectivity index (χ3v) is 5.27. The summed E-state index contributed by atoms with van der Waals surface area (Å²) in [4.78, 5) is 16.3. The minimum atomic E-state index is -1.05. The van der Waals surface area contributed by atoms with E-state index in [1.807, 2.05) is 26.0 Å². The number of carbonyl (C=O) groups is 1. The van der Waals surface area contributed by atoms with Crippen molar-refractivity contribution in [3.63, 3.8) is 0 Å². The first kappa shape index (κ1) is 21.4. The molecule has 154 valence electrons. The van der Waals surface area contributed by atoms with Gasteiger partial charge in [-0.05, 0) is 61.4 Å². The maximum atomic E-state index is 13.1. The fourth-order valence-electron chi connectivity index (χ4n) is 3.60. The molecule has 1 amide bonds. The predicted molar refractivity (Wildman–Crippen MR) is 120 cm³/mol. The SMILES string of the molecule is C=C(/C=C(C)\C(=C/C)c1cc2cnc(NC(=O)[C@H]3C[C@H]3F)cc2cc1C#N)CCC. The fraction of sp³-hybridized carbons (Fsp3) is 0.320. The lowest BCUT2D eigenvalue weighted by molar-refractivity contribution is -0.117. The Kier molecular flexibility index (Phi) is 6.47. The number of allylic oxidation sites excluding steroid dienone is 5. The highest BCUT2D eigenvalue weighted by Crippen LogP contribution is 2.35. The number of nitrogens with one attached hydrogen (secondary N) is 1. The number of fused-ring (bicyclic) bond motifs is 1. The van der Waals surface area contributed by atoms with Crippen LogP contribution in [0.25, 0.3) is 16.3 Å². The number of amides is 1. The normalized spacial score (nSPS) is 18.8. The van der Waals surface area contributed by atoms with Crippen LogP contribution in [0.5, 0.6) is 0 Å². The number of hydrogen-bond donors (Lipinski definition) is 1. The second kappa shape index (κ2) is 9.04. The Bertz CT molecular complexity index is 1110. The van der Waals surface area contributed by atoms with E-state index < -0.39 is 12.1 Å². The first-order valence-electron chi connectivity index (χ1n) is 10.2. The summed E-state index contributed by atoms with van der Waals surface area (Å²) < 4.78 is 13.1. The van der Waals surface area contributed by atoms with Gasteiger partial charge in [-0.3, -0.25) is 4.79 Å². The quantitative estimate of drug-likeness (QED) is 0.567. The van der Waals surface area contributed by atoms with Gasteiger partial charge in [-0.1, -0.05) is 37.6 Å².